The molecule has 3 rings (SSSR count). The van der Waals surface area contributed by atoms with Crippen LogP contribution in [-0.2, 0) is 6.54 Å². The molecule has 16 heavy (non-hydrogen) atoms. The van der Waals surface area contributed by atoms with Crippen LogP contribution in [0.5, 0.6) is 0 Å². The van der Waals surface area contributed by atoms with Crippen LogP contribution in [0.3, 0.4) is 0 Å². The van der Waals surface area contributed by atoms with Crippen molar-refractivity contribution in [2.45, 2.75) is 31.8 Å². The number of nitrogens with zero attached hydrogens (tertiary/aromatic N) is 2. The van der Waals surface area contributed by atoms with Crippen LogP contribution in [0.15, 0.2) is 18.3 Å². The molecule has 86 valence electrons. The monoisotopic (exact) mass is 217 g/mol. The van der Waals surface area contributed by atoms with Gasteiger partial charge >= 0.3 is 0 Å². The lowest BCUT2D eigenvalue weighted by atomic mass is 10.1. The lowest BCUT2D eigenvalue weighted by Crippen LogP contribution is -2.31. The Kier molecular flexibility index (Phi) is 2.56. The smallest absolute Gasteiger partial charge is 0.0562 e. The van der Waals surface area contributed by atoms with E-state index in [1.54, 1.807) is 0 Å². The highest BCUT2D eigenvalue weighted by atomic mass is 15.2. The molecule has 0 spiro atoms. The molecule has 0 radical (unpaired) electrons. The minimum atomic E-state index is 0.801. The van der Waals surface area contributed by atoms with Crippen LogP contribution >= 0.6 is 0 Å². The minimum absolute atomic E-state index is 0.801. The lowest BCUT2D eigenvalue weighted by molar-refractivity contribution is 0.553. The minimum Gasteiger partial charge on any atom is -0.368 e. The molecule has 1 aromatic rings. The first-order valence-electron chi connectivity index (χ1n) is 6.23. The Balaban J connectivity index is 1.81. The average Bonchev–Trinajstić information content (AvgIpc) is 2.91. The Morgan fingerprint density at radius 2 is 2.44 bits per heavy atom. The predicted octanol–water partition coefficient (Wildman–Crippen LogP) is 1.79. The van der Waals surface area contributed by atoms with Crippen molar-refractivity contribution in [2.24, 2.45) is 5.92 Å². The van der Waals surface area contributed by atoms with Gasteiger partial charge in [0.15, 0.2) is 0 Å². The molecule has 2 unspecified atom stereocenters. The zero-order valence-corrected chi connectivity index (χ0v) is 9.82. The van der Waals surface area contributed by atoms with Gasteiger partial charge in [-0.25, -0.2) is 0 Å². The van der Waals surface area contributed by atoms with Crippen molar-refractivity contribution in [2.75, 3.05) is 18.5 Å². The van der Waals surface area contributed by atoms with Gasteiger partial charge in [0.2, 0.25) is 0 Å². The molecule has 2 atom stereocenters. The van der Waals surface area contributed by atoms with Gasteiger partial charge in [-0.15, -0.1) is 0 Å². The number of aromatic nitrogens is 1. The number of nitrogens with one attached hydrogen (secondary N) is 1. The van der Waals surface area contributed by atoms with Crippen LogP contribution < -0.4 is 10.2 Å². The van der Waals surface area contributed by atoms with Crippen molar-refractivity contribution in [3.8, 4) is 0 Å². The lowest BCUT2D eigenvalue weighted by Gasteiger charge is -2.29. The molecule has 3 nitrogen and oxygen atoms in total. The molecule has 2 fully saturated rings. The molecule has 2 aliphatic rings. The standard InChI is InChI=1S/C13H19N3/c1-14-8-11-7-13(4-5-15-11)16-9-10-2-3-12(16)6-10/h4-5,7,10,12,14H,2-3,6,8-9H2,1H3. The van der Waals surface area contributed by atoms with E-state index < -0.39 is 0 Å². The van der Waals surface area contributed by atoms with Crippen LogP contribution in [0.1, 0.15) is 25.0 Å². The molecule has 0 aromatic carbocycles. The molecular weight excluding hydrogens is 198 g/mol. The third-order valence-electron chi connectivity index (χ3n) is 3.90. The quantitative estimate of drug-likeness (QED) is 0.836. The summed E-state index contributed by atoms with van der Waals surface area (Å²) in [6, 6.07) is 5.19. The summed E-state index contributed by atoms with van der Waals surface area (Å²) in [5, 5.41) is 3.15. The summed E-state index contributed by atoms with van der Waals surface area (Å²) in [7, 11) is 1.96. The number of anilines is 1. The van der Waals surface area contributed by atoms with Crippen molar-refractivity contribution in [1.29, 1.82) is 0 Å². The summed E-state index contributed by atoms with van der Waals surface area (Å²) in [5.74, 6) is 0.950. The van der Waals surface area contributed by atoms with E-state index in [9.17, 15) is 0 Å². The number of pyridine rings is 1. The Bertz CT molecular complexity index is 377. The van der Waals surface area contributed by atoms with E-state index in [0.717, 1.165) is 24.2 Å². The molecule has 1 aliphatic heterocycles. The van der Waals surface area contributed by atoms with Crippen LogP contribution in [0.2, 0.25) is 0 Å². The fourth-order valence-electron chi connectivity index (χ4n) is 3.16. The molecule has 3 heteroatoms. The van der Waals surface area contributed by atoms with E-state index in [-0.39, 0.29) is 0 Å². The van der Waals surface area contributed by atoms with Crippen LogP contribution in [-0.4, -0.2) is 24.6 Å². The van der Waals surface area contributed by atoms with E-state index in [1.165, 1.54) is 31.5 Å². The Labute approximate surface area is 96.9 Å². The molecule has 1 saturated carbocycles. The van der Waals surface area contributed by atoms with Crippen LogP contribution in [0.25, 0.3) is 0 Å². The average molecular weight is 217 g/mol. The topological polar surface area (TPSA) is 28.2 Å². The first-order valence-corrected chi connectivity index (χ1v) is 6.23. The van der Waals surface area contributed by atoms with E-state index >= 15 is 0 Å². The number of rotatable bonds is 3. The summed E-state index contributed by atoms with van der Waals surface area (Å²) < 4.78 is 0. The summed E-state index contributed by atoms with van der Waals surface area (Å²) in [4.78, 5) is 6.95. The van der Waals surface area contributed by atoms with Gasteiger partial charge in [0, 0.05) is 31.0 Å². The first kappa shape index (κ1) is 10.1. The molecule has 0 amide bonds. The molecule has 2 heterocycles. The van der Waals surface area contributed by atoms with E-state index in [0.29, 0.717) is 0 Å². The summed E-state index contributed by atoms with van der Waals surface area (Å²) in [6.07, 6.45) is 6.17. The Morgan fingerprint density at radius 3 is 3.12 bits per heavy atom. The normalized spacial score (nSPS) is 27.7. The second-order valence-electron chi connectivity index (χ2n) is 5.02. The molecule has 1 N–H and O–H groups in total. The van der Waals surface area contributed by atoms with Crippen LogP contribution in [0, 0.1) is 5.92 Å². The molecule has 2 bridgehead atoms. The Hall–Kier alpha value is -1.09. The van der Waals surface area contributed by atoms with E-state index in [4.69, 9.17) is 0 Å². The van der Waals surface area contributed by atoms with Gasteiger partial charge in [-0.2, -0.15) is 0 Å². The third-order valence-corrected chi connectivity index (χ3v) is 3.90. The van der Waals surface area contributed by atoms with Gasteiger partial charge in [-0.05, 0) is 44.4 Å². The molecule has 1 aromatic heterocycles. The SMILES string of the molecule is CNCc1cc(N2CC3CCC2C3)ccn1. The van der Waals surface area contributed by atoms with Crippen molar-refractivity contribution in [1.82, 2.24) is 10.3 Å². The van der Waals surface area contributed by atoms with Gasteiger partial charge in [-0.3, -0.25) is 4.98 Å². The second-order valence-corrected chi connectivity index (χ2v) is 5.02. The predicted molar refractivity (Wildman–Crippen MR) is 65.5 cm³/mol. The zero-order valence-electron chi connectivity index (χ0n) is 9.82. The maximum atomic E-state index is 4.37. The molecule has 1 aliphatic carbocycles. The van der Waals surface area contributed by atoms with Gasteiger partial charge in [0.25, 0.3) is 0 Å². The first-order chi connectivity index (χ1) is 7.86. The van der Waals surface area contributed by atoms with Crippen molar-refractivity contribution in [3.05, 3.63) is 24.0 Å². The maximum absolute atomic E-state index is 4.37. The Morgan fingerprint density at radius 1 is 1.50 bits per heavy atom. The largest absolute Gasteiger partial charge is 0.368 e. The number of piperidine rings is 1. The van der Waals surface area contributed by atoms with Gasteiger partial charge in [0.05, 0.1) is 5.69 Å². The summed E-state index contributed by atoms with van der Waals surface area (Å²) >= 11 is 0. The van der Waals surface area contributed by atoms with Crippen molar-refractivity contribution >= 4 is 5.69 Å². The van der Waals surface area contributed by atoms with Gasteiger partial charge < -0.3 is 10.2 Å². The highest BCUT2D eigenvalue weighted by Crippen LogP contribution is 2.39. The van der Waals surface area contributed by atoms with E-state index in [1.807, 2.05) is 13.2 Å². The van der Waals surface area contributed by atoms with Crippen LogP contribution in [0.4, 0.5) is 5.69 Å². The maximum Gasteiger partial charge on any atom is 0.0562 e. The van der Waals surface area contributed by atoms with Crippen molar-refractivity contribution in [3.63, 3.8) is 0 Å². The number of hydrogen-bond acceptors (Lipinski definition) is 3. The zero-order chi connectivity index (χ0) is 11.0. The fourth-order valence-corrected chi connectivity index (χ4v) is 3.16. The molecular formula is C13H19N3. The van der Waals surface area contributed by atoms with Crippen molar-refractivity contribution < 1.29 is 0 Å². The molecule has 1 saturated heterocycles. The van der Waals surface area contributed by atoms with E-state index in [2.05, 4.69) is 27.3 Å². The fraction of sp³-hybridized carbons (Fsp3) is 0.615. The van der Waals surface area contributed by atoms with Gasteiger partial charge in [0.1, 0.15) is 0 Å². The summed E-state index contributed by atoms with van der Waals surface area (Å²) in [6.45, 7) is 2.11. The van der Waals surface area contributed by atoms with Gasteiger partial charge in [-0.1, -0.05) is 0 Å². The highest BCUT2D eigenvalue weighted by molar-refractivity contribution is 5.49. The highest BCUT2D eigenvalue weighted by Gasteiger charge is 2.37. The third kappa shape index (κ3) is 1.69. The number of fused-ring (bicyclic) bond motifs is 2. The number of hydrogen-bond donors (Lipinski definition) is 1. The second kappa shape index (κ2) is 4.06. The summed E-state index contributed by atoms with van der Waals surface area (Å²) in [5.41, 5.74) is 2.51.